The highest BCUT2D eigenvalue weighted by Crippen LogP contribution is 2.18. The molecule has 0 aliphatic rings. The Morgan fingerprint density at radius 1 is 1.32 bits per heavy atom. The van der Waals surface area contributed by atoms with Gasteiger partial charge in [0.1, 0.15) is 5.75 Å². The summed E-state index contributed by atoms with van der Waals surface area (Å²) in [6, 6.07) is 7.53. The maximum atomic E-state index is 11.8. The largest absolute Gasteiger partial charge is 0.494 e. The molecule has 122 valence electrons. The van der Waals surface area contributed by atoms with Gasteiger partial charge in [-0.15, -0.1) is 0 Å². The van der Waals surface area contributed by atoms with Crippen LogP contribution in [0.4, 0.5) is 0 Å². The van der Waals surface area contributed by atoms with Gasteiger partial charge in [0, 0.05) is 22.9 Å². The van der Waals surface area contributed by atoms with Crippen LogP contribution >= 0.6 is 15.9 Å². The molecule has 0 saturated heterocycles. The summed E-state index contributed by atoms with van der Waals surface area (Å²) in [4.78, 5) is 22.4. The van der Waals surface area contributed by atoms with Gasteiger partial charge in [-0.05, 0) is 44.9 Å². The fourth-order valence-electron chi connectivity index (χ4n) is 1.90. The highest BCUT2D eigenvalue weighted by Gasteiger charge is 2.21. The summed E-state index contributed by atoms with van der Waals surface area (Å²) < 4.78 is 6.51. The highest BCUT2D eigenvalue weighted by atomic mass is 79.9. The fourth-order valence-corrected chi connectivity index (χ4v) is 2.28. The first-order chi connectivity index (χ1) is 10.3. The van der Waals surface area contributed by atoms with Gasteiger partial charge in [0.15, 0.2) is 0 Å². The Balaban J connectivity index is 2.24. The Hall–Kier alpha value is -1.56. The minimum atomic E-state index is -0.857. The van der Waals surface area contributed by atoms with Gasteiger partial charge in [0.05, 0.1) is 6.61 Å². The van der Waals surface area contributed by atoms with E-state index in [0.717, 1.165) is 10.2 Å². The average molecular weight is 372 g/mol. The monoisotopic (exact) mass is 371 g/mol. The zero-order valence-corrected chi connectivity index (χ0v) is 14.5. The smallest absolute Gasteiger partial charge is 0.303 e. The molecule has 0 unspecified atom stereocenters. The molecule has 1 rings (SSSR count). The first kappa shape index (κ1) is 18.5. The Labute approximate surface area is 139 Å². The molecule has 0 aromatic heterocycles. The summed E-state index contributed by atoms with van der Waals surface area (Å²) in [6.45, 7) is 4.11. The number of hydrogen-bond donors (Lipinski definition) is 2. The lowest BCUT2D eigenvalue weighted by Crippen LogP contribution is -2.43. The number of aliphatic carboxylic acids is 1. The van der Waals surface area contributed by atoms with Gasteiger partial charge in [-0.1, -0.05) is 22.0 Å². The fraction of sp³-hybridized carbons (Fsp3) is 0.500. The van der Waals surface area contributed by atoms with E-state index in [9.17, 15) is 9.59 Å². The zero-order valence-electron chi connectivity index (χ0n) is 12.9. The van der Waals surface area contributed by atoms with Crippen LogP contribution in [-0.2, 0) is 9.59 Å². The molecule has 0 radical (unpaired) electrons. The molecule has 1 aromatic rings. The van der Waals surface area contributed by atoms with E-state index in [1.807, 2.05) is 38.1 Å². The molecule has 0 fully saturated rings. The van der Waals surface area contributed by atoms with Crippen molar-refractivity contribution in [3.05, 3.63) is 28.7 Å². The minimum Gasteiger partial charge on any atom is -0.494 e. The van der Waals surface area contributed by atoms with Crippen LogP contribution in [0.1, 0.15) is 39.5 Å². The van der Waals surface area contributed by atoms with E-state index in [1.54, 1.807) is 0 Å². The third kappa shape index (κ3) is 8.02. The molecule has 0 heterocycles. The molecule has 0 atom stereocenters. The maximum Gasteiger partial charge on any atom is 0.303 e. The zero-order chi connectivity index (χ0) is 16.6. The quantitative estimate of drug-likeness (QED) is 0.652. The number of carboxylic acid groups (broad SMARTS) is 1. The van der Waals surface area contributed by atoms with Crippen LogP contribution in [0.25, 0.3) is 0 Å². The Morgan fingerprint density at radius 3 is 2.68 bits per heavy atom. The van der Waals surface area contributed by atoms with Gasteiger partial charge in [-0.3, -0.25) is 9.59 Å². The molecule has 6 heteroatoms. The lowest BCUT2D eigenvalue weighted by molar-refractivity contribution is -0.137. The van der Waals surface area contributed by atoms with E-state index in [0.29, 0.717) is 25.9 Å². The first-order valence-corrected chi connectivity index (χ1v) is 7.99. The lowest BCUT2D eigenvalue weighted by Gasteiger charge is -2.25. The topological polar surface area (TPSA) is 75.6 Å². The SMILES string of the molecule is CC(C)(CCC(=O)O)NC(=O)CCCOc1cccc(Br)c1. The summed E-state index contributed by atoms with van der Waals surface area (Å²) >= 11 is 3.37. The summed E-state index contributed by atoms with van der Waals surface area (Å²) in [6.07, 6.45) is 1.40. The highest BCUT2D eigenvalue weighted by molar-refractivity contribution is 9.10. The predicted molar refractivity (Wildman–Crippen MR) is 88.0 cm³/mol. The van der Waals surface area contributed by atoms with Crippen molar-refractivity contribution in [2.45, 2.75) is 45.1 Å². The van der Waals surface area contributed by atoms with E-state index in [-0.39, 0.29) is 12.3 Å². The summed E-state index contributed by atoms with van der Waals surface area (Å²) in [5.41, 5.74) is -0.513. The summed E-state index contributed by atoms with van der Waals surface area (Å²) in [5, 5.41) is 11.5. The van der Waals surface area contributed by atoms with Gasteiger partial charge in [0.2, 0.25) is 5.91 Å². The number of hydrogen-bond acceptors (Lipinski definition) is 3. The van der Waals surface area contributed by atoms with E-state index >= 15 is 0 Å². The molecule has 22 heavy (non-hydrogen) atoms. The van der Waals surface area contributed by atoms with Crippen molar-refractivity contribution in [3.63, 3.8) is 0 Å². The van der Waals surface area contributed by atoms with Crippen molar-refractivity contribution in [2.75, 3.05) is 6.61 Å². The maximum absolute atomic E-state index is 11.8. The number of halogens is 1. The molecule has 0 spiro atoms. The van der Waals surface area contributed by atoms with E-state index in [4.69, 9.17) is 9.84 Å². The van der Waals surface area contributed by atoms with Crippen molar-refractivity contribution in [1.82, 2.24) is 5.32 Å². The van der Waals surface area contributed by atoms with Crippen molar-refractivity contribution in [3.8, 4) is 5.75 Å². The third-order valence-electron chi connectivity index (χ3n) is 3.05. The number of carbonyl (C=O) groups excluding carboxylic acids is 1. The average Bonchev–Trinajstić information content (AvgIpc) is 2.41. The van der Waals surface area contributed by atoms with Gasteiger partial charge in [-0.25, -0.2) is 0 Å². The van der Waals surface area contributed by atoms with Crippen LogP contribution in [0, 0.1) is 0 Å². The number of carboxylic acids is 1. The lowest BCUT2D eigenvalue weighted by atomic mass is 9.98. The molecule has 0 aliphatic carbocycles. The van der Waals surface area contributed by atoms with Crippen LogP contribution in [0.3, 0.4) is 0 Å². The predicted octanol–water partition coefficient (Wildman–Crippen LogP) is 3.37. The Morgan fingerprint density at radius 2 is 2.05 bits per heavy atom. The van der Waals surface area contributed by atoms with Gasteiger partial charge in [0.25, 0.3) is 0 Å². The molecule has 5 nitrogen and oxygen atoms in total. The number of benzene rings is 1. The standard InChI is InChI=1S/C16H22BrNO4/c1-16(2,9-8-15(20)21)18-14(19)7-4-10-22-13-6-3-5-12(17)11-13/h3,5-6,11H,4,7-10H2,1-2H3,(H,18,19)(H,20,21). The molecular formula is C16H22BrNO4. The van der Waals surface area contributed by atoms with Crippen LogP contribution in [0.2, 0.25) is 0 Å². The molecule has 1 amide bonds. The number of amides is 1. The normalized spacial score (nSPS) is 11.0. The first-order valence-electron chi connectivity index (χ1n) is 7.20. The van der Waals surface area contributed by atoms with E-state index in [1.165, 1.54) is 0 Å². The molecule has 2 N–H and O–H groups in total. The van der Waals surface area contributed by atoms with Crippen LogP contribution < -0.4 is 10.1 Å². The Bertz CT molecular complexity index is 517. The molecule has 0 saturated carbocycles. The van der Waals surface area contributed by atoms with Crippen molar-refractivity contribution >= 4 is 27.8 Å². The summed E-state index contributed by atoms with van der Waals surface area (Å²) in [5.74, 6) is -0.186. The van der Waals surface area contributed by atoms with Gasteiger partial charge >= 0.3 is 5.97 Å². The molecular weight excluding hydrogens is 350 g/mol. The number of ether oxygens (including phenoxy) is 1. The second-order valence-electron chi connectivity index (χ2n) is 5.74. The number of carbonyl (C=O) groups is 2. The minimum absolute atomic E-state index is 0.0409. The third-order valence-corrected chi connectivity index (χ3v) is 3.55. The van der Waals surface area contributed by atoms with Crippen molar-refractivity contribution < 1.29 is 19.4 Å². The second kappa shape index (κ2) is 8.78. The molecule has 1 aromatic carbocycles. The van der Waals surface area contributed by atoms with Crippen LogP contribution in [0.15, 0.2) is 28.7 Å². The van der Waals surface area contributed by atoms with Crippen molar-refractivity contribution in [2.24, 2.45) is 0 Å². The van der Waals surface area contributed by atoms with E-state index in [2.05, 4.69) is 21.2 Å². The van der Waals surface area contributed by atoms with Crippen molar-refractivity contribution in [1.29, 1.82) is 0 Å². The van der Waals surface area contributed by atoms with Crippen LogP contribution in [-0.4, -0.2) is 29.1 Å². The molecule has 0 aliphatic heterocycles. The number of rotatable bonds is 9. The van der Waals surface area contributed by atoms with Gasteiger partial charge < -0.3 is 15.2 Å². The molecule has 0 bridgehead atoms. The second-order valence-corrected chi connectivity index (χ2v) is 6.65. The van der Waals surface area contributed by atoms with Crippen LogP contribution in [0.5, 0.6) is 5.75 Å². The van der Waals surface area contributed by atoms with Gasteiger partial charge in [-0.2, -0.15) is 0 Å². The number of nitrogens with one attached hydrogen (secondary N) is 1. The summed E-state index contributed by atoms with van der Waals surface area (Å²) in [7, 11) is 0. The Kier molecular flexibility index (Phi) is 7.38. The van der Waals surface area contributed by atoms with E-state index < -0.39 is 11.5 Å².